The Kier molecular flexibility index (Phi) is 4.38. The van der Waals surface area contributed by atoms with Crippen molar-refractivity contribution < 1.29 is 13.2 Å². The molecule has 1 aromatic rings. The molecule has 1 aromatic carbocycles. The third kappa shape index (κ3) is 3.89. The first kappa shape index (κ1) is 13.2. The van der Waals surface area contributed by atoms with Crippen LogP contribution in [0.15, 0.2) is 30.3 Å². The van der Waals surface area contributed by atoms with E-state index in [1.54, 1.807) is 30.3 Å². The summed E-state index contributed by atoms with van der Waals surface area (Å²) >= 11 is 7.30. The second-order valence-corrected chi connectivity index (χ2v) is 6.02. The number of hydrogen-bond acceptors (Lipinski definition) is 1. The molecule has 6 heteroatoms. The van der Waals surface area contributed by atoms with E-state index in [0.717, 1.165) is 5.56 Å². The zero-order valence-electron chi connectivity index (χ0n) is 7.39. The van der Waals surface area contributed by atoms with E-state index in [-0.39, 0.29) is 5.75 Å². The van der Waals surface area contributed by atoms with E-state index in [0.29, 0.717) is 11.8 Å². The molecule has 0 radical (unpaired) electrons. The minimum Gasteiger partial charge on any atom is -0.211 e. The molecule has 0 saturated carbocycles. The van der Waals surface area contributed by atoms with Crippen molar-refractivity contribution in [2.75, 3.05) is 0 Å². The molecule has 0 fully saturated rings. The van der Waals surface area contributed by atoms with Crippen molar-refractivity contribution in [2.45, 2.75) is 15.0 Å². The molecular weight excluding hydrogens is 313 g/mol. The molecule has 0 aliphatic heterocycles. The van der Waals surface area contributed by atoms with Crippen LogP contribution in [0.4, 0.5) is 13.2 Å². The van der Waals surface area contributed by atoms with Crippen molar-refractivity contribution in [2.24, 2.45) is 0 Å². The van der Waals surface area contributed by atoms with Crippen molar-refractivity contribution in [3.8, 4) is 0 Å². The smallest absolute Gasteiger partial charge is 0.211 e. The normalized spacial score (nSPS) is 16.1. The van der Waals surface area contributed by atoms with Crippen LogP contribution in [0.5, 0.6) is 0 Å². The number of benzene rings is 1. The minimum atomic E-state index is -3.94. The maximum atomic E-state index is 13.3. The third-order valence-electron chi connectivity index (χ3n) is 1.59. The highest BCUT2D eigenvalue weighted by atomic mass is 79.9. The molecule has 15 heavy (non-hydrogen) atoms. The van der Waals surface area contributed by atoms with Gasteiger partial charge in [0.2, 0.25) is 0 Å². The first-order valence-corrected chi connectivity index (χ1v) is 6.11. The maximum absolute atomic E-state index is 13.3. The van der Waals surface area contributed by atoms with Gasteiger partial charge in [0.15, 0.2) is 0 Å². The predicted molar refractivity (Wildman–Crippen MR) is 61.3 cm³/mol. The Labute approximate surface area is 103 Å². The standard InChI is InChI=1S/C9H7BrClF3S/c10-8(12,9(11,13)14)15-6-7-4-2-1-3-5-7/h1-5H,6H2. The summed E-state index contributed by atoms with van der Waals surface area (Å²) in [4.78, 5) is 0. The summed E-state index contributed by atoms with van der Waals surface area (Å²) in [5, 5.41) is -3.94. The first-order valence-electron chi connectivity index (χ1n) is 3.95. The van der Waals surface area contributed by atoms with Gasteiger partial charge in [-0.2, -0.15) is 8.78 Å². The van der Waals surface area contributed by atoms with Crippen LogP contribution in [0.2, 0.25) is 0 Å². The van der Waals surface area contributed by atoms with Crippen LogP contribution in [0.25, 0.3) is 0 Å². The second kappa shape index (κ2) is 4.97. The molecule has 0 aliphatic rings. The second-order valence-electron chi connectivity index (χ2n) is 2.79. The fraction of sp³-hybridized carbons (Fsp3) is 0.333. The van der Waals surface area contributed by atoms with Gasteiger partial charge in [-0.3, -0.25) is 0 Å². The van der Waals surface area contributed by atoms with E-state index in [1.165, 1.54) is 0 Å². The van der Waals surface area contributed by atoms with Crippen LogP contribution < -0.4 is 0 Å². The predicted octanol–water partition coefficient (Wildman–Crippen LogP) is 4.77. The Balaban J connectivity index is 2.58. The van der Waals surface area contributed by atoms with Gasteiger partial charge in [0.05, 0.1) is 0 Å². The van der Waals surface area contributed by atoms with E-state index < -0.39 is 9.29 Å². The van der Waals surface area contributed by atoms with Gasteiger partial charge in [0.25, 0.3) is 3.91 Å². The molecule has 84 valence electrons. The van der Waals surface area contributed by atoms with Gasteiger partial charge in [-0.25, -0.2) is 4.39 Å². The molecule has 1 unspecified atom stereocenters. The molecule has 0 saturated heterocycles. The molecule has 0 aromatic heterocycles. The zero-order valence-corrected chi connectivity index (χ0v) is 10.6. The van der Waals surface area contributed by atoms with Gasteiger partial charge in [0.1, 0.15) is 0 Å². The number of thioether (sulfide) groups is 1. The summed E-state index contributed by atoms with van der Waals surface area (Å²) < 4.78 is 35.4. The molecule has 0 amide bonds. The molecular formula is C9H7BrClF3S. The van der Waals surface area contributed by atoms with Gasteiger partial charge < -0.3 is 0 Å². The zero-order chi connectivity index (χ0) is 11.5. The van der Waals surface area contributed by atoms with E-state index >= 15 is 0 Å². The first-order chi connectivity index (χ1) is 6.83. The molecule has 0 nitrogen and oxygen atoms in total. The Bertz CT molecular complexity index is 313. The molecule has 0 aliphatic carbocycles. The van der Waals surface area contributed by atoms with Crippen molar-refractivity contribution in [1.29, 1.82) is 0 Å². The van der Waals surface area contributed by atoms with Crippen molar-refractivity contribution >= 4 is 39.3 Å². The summed E-state index contributed by atoms with van der Waals surface area (Å²) in [6.45, 7) is 0. The third-order valence-corrected chi connectivity index (χ3v) is 4.48. The summed E-state index contributed by atoms with van der Waals surface area (Å²) in [5.41, 5.74) is 0.755. The fourth-order valence-corrected chi connectivity index (χ4v) is 2.04. The topological polar surface area (TPSA) is 0 Å². The molecule has 1 atom stereocenters. The highest BCUT2D eigenvalue weighted by Gasteiger charge is 2.52. The molecule has 0 N–H and O–H groups in total. The maximum Gasteiger partial charge on any atom is 0.374 e. The number of hydrogen-bond donors (Lipinski definition) is 0. The van der Waals surface area contributed by atoms with Gasteiger partial charge >= 0.3 is 5.38 Å². The van der Waals surface area contributed by atoms with Crippen LogP contribution in [0.3, 0.4) is 0 Å². The van der Waals surface area contributed by atoms with Crippen LogP contribution in [0, 0.1) is 0 Å². The van der Waals surface area contributed by atoms with Crippen LogP contribution >= 0.6 is 39.3 Å². The summed E-state index contributed by atoms with van der Waals surface area (Å²) in [6.07, 6.45) is 0. The summed E-state index contributed by atoms with van der Waals surface area (Å²) in [7, 11) is 0. The SMILES string of the molecule is FC(F)(Cl)C(F)(Br)SCc1ccccc1. The minimum absolute atomic E-state index is 0.116. The van der Waals surface area contributed by atoms with Gasteiger partial charge in [-0.1, -0.05) is 42.1 Å². The Morgan fingerprint density at radius 2 is 1.73 bits per heavy atom. The molecule has 0 bridgehead atoms. The largest absolute Gasteiger partial charge is 0.374 e. The lowest BCUT2D eigenvalue weighted by atomic mass is 10.2. The molecule has 0 spiro atoms. The summed E-state index contributed by atoms with van der Waals surface area (Å²) in [6, 6.07) is 8.75. The fourth-order valence-electron chi connectivity index (χ4n) is 0.830. The quantitative estimate of drug-likeness (QED) is 0.720. The highest BCUT2D eigenvalue weighted by molar-refractivity contribution is 9.11. The average molecular weight is 320 g/mol. The van der Waals surface area contributed by atoms with E-state index in [4.69, 9.17) is 0 Å². The Hall–Kier alpha value is 0.130. The summed E-state index contributed by atoms with van der Waals surface area (Å²) in [5.74, 6) is 0.116. The van der Waals surface area contributed by atoms with E-state index in [9.17, 15) is 13.2 Å². The average Bonchev–Trinajstić information content (AvgIpc) is 2.15. The Morgan fingerprint density at radius 3 is 2.20 bits per heavy atom. The number of alkyl halides is 5. The molecule has 1 rings (SSSR count). The van der Waals surface area contributed by atoms with Crippen molar-refractivity contribution in [3.05, 3.63) is 35.9 Å². The van der Waals surface area contributed by atoms with Gasteiger partial charge in [-0.15, -0.1) is 0 Å². The highest BCUT2D eigenvalue weighted by Crippen LogP contribution is 2.50. The van der Waals surface area contributed by atoms with E-state index in [2.05, 4.69) is 27.5 Å². The monoisotopic (exact) mass is 318 g/mol. The Morgan fingerprint density at radius 1 is 1.20 bits per heavy atom. The van der Waals surface area contributed by atoms with Crippen LogP contribution in [0.1, 0.15) is 5.56 Å². The van der Waals surface area contributed by atoms with Crippen molar-refractivity contribution in [3.63, 3.8) is 0 Å². The van der Waals surface area contributed by atoms with Gasteiger partial charge in [-0.05, 0) is 33.1 Å². The molecule has 0 heterocycles. The van der Waals surface area contributed by atoms with E-state index in [1.807, 2.05) is 0 Å². The number of rotatable bonds is 4. The number of halogens is 5. The van der Waals surface area contributed by atoms with Crippen LogP contribution in [-0.4, -0.2) is 9.29 Å². The lowest BCUT2D eigenvalue weighted by molar-refractivity contribution is 0.0355. The van der Waals surface area contributed by atoms with Gasteiger partial charge in [0, 0.05) is 5.75 Å². The van der Waals surface area contributed by atoms with Crippen molar-refractivity contribution in [1.82, 2.24) is 0 Å². The van der Waals surface area contributed by atoms with Crippen LogP contribution in [-0.2, 0) is 5.75 Å². The lowest BCUT2D eigenvalue weighted by Crippen LogP contribution is -2.30. The lowest BCUT2D eigenvalue weighted by Gasteiger charge is -2.22.